The van der Waals surface area contributed by atoms with Crippen LogP contribution in [0.1, 0.15) is 57.2 Å². The van der Waals surface area contributed by atoms with Gasteiger partial charge in [0.25, 0.3) is 5.78 Å². The molecule has 0 amide bonds. The van der Waals surface area contributed by atoms with E-state index >= 15 is 0 Å². The Morgan fingerprint density at radius 2 is 1.87 bits per heavy atom. The molecule has 0 radical (unpaired) electrons. The van der Waals surface area contributed by atoms with Gasteiger partial charge in [0, 0.05) is 37.8 Å². The van der Waals surface area contributed by atoms with Crippen molar-refractivity contribution in [1.82, 2.24) is 34.0 Å². The fraction of sp³-hybridized carbons (Fsp3) is 0.556. The molecule has 0 unspecified atom stereocenters. The van der Waals surface area contributed by atoms with Crippen LogP contribution in [0.3, 0.4) is 0 Å². The van der Waals surface area contributed by atoms with Crippen molar-refractivity contribution < 1.29 is 17.9 Å². The second-order valence-electron chi connectivity index (χ2n) is 10.7. The van der Waals surface area contributed by atoms with Crippen LogP contribution in [0.5, 0.6) is 0 Å². The Balaban J connectivity index is 1.29. The molecule has 0 bridgehead atoms. The van der Waals surface area contributed by atoms with E-state index in [0.717, 1.165) is 55.0 Å². The minimum atomic E-state index is -4.34. The Hall–Kier alpha value is -3.25. The molecule has 4 aromatic rings. The lowest BCUT2D eigenvalue weighted by Gasteiger charge is -2.48. The van der Waals surface area contributed by atoms with Gasteiger partial charge in [0.05, 0.1) is 24.5 Å². The van der Waals surface area contributed by atoms with Crippen molar-refractivity contribution in [2.75, 3.05) is 24.6 Å². The van der Waals surface area contributed by atoms with Crippen molar-refractivity contribution in [2.24, 2.45) is 0 Å². The van der Waals surface area contributed by atoms with E-state index in [2.05, 4.69) is 45.3 Å². The summed E-state index contributed by atoms with van der Waals surface area (Å²) in [5.74, 6) is 1.29. The maximum absolute atomic E-state index is 13.1. The predicted octanol–water partition coefficient (Wildman–Crippen LogP) is 4.72. The monoisotopic (exact) mass is 542 g/mol. The number of aromatic nitrogens is 6. The zero-order chi connectivity index (χ0) is 27.3. The number of nitrogens with zero attached hydrogens (tertiary/aromatic N) is 8. The van der Waals surface area contributed by atoms with E-state index in [9.17, 15) is 13.2 Å². The van der Waals surface area contributed by atoms with Crippen LogP contribution in [-0.2, 0) is 17.5 Å². The molecule has 3 aromatic heterocycles. The SMILES string of the molecule is CC[C@@H](c1ccc(C(F)(F)F)cc1)N1C[C@H](C)N(c2nc3nncn3c3c2ncn3C[C@@H]2CCCO2)C[C@H]1C. The Labute approximate surface area is 224 Å². The lowest BCUT2D eigenvalue weighted by atomic mass is 9.96. The number of imidazole rings is 1. The molecule has 2 fully saturated rings. The Morgan fingerprint density at radius 3 is 2.56 bits per heavy atom. The Bertz CT molecular complexity index is 1440. The highest BCUT2D eigenvalue weighted by Gasteiger charge is 2.36. The highest BCUT2D eigenvalue weighted by molar-refractivity contribution is 5.86. The first kappa shape index (κ1) is 26.0. The summed E-state index contributed by atoms with van der Waals surface area (Å²) in [4.78, 5) is 14.3. The van der Waals surface area contributed by atoms with Crippen LogP contribution in [0.15, 0.2) is 36.9 Å². The molecule has 2 aliphatic rings. The molecule has 0 spiro atoms. The largest absolute Gasteiger partial charge is 0.416 e. The number of anilines is 1. The van der Waals surface area contributed by atoms with Gasteiger partial charge in [0.1, 0.15) is 11.8 Å². The number of hydrogen-bond donors (Lipinski definition) is 0. The van der Waals surface area contributed by atoms with Crippen LogP contribution in [0.25, 0.3) is 16.9 Å². The molecule has 4 atom stereocenters. The summed E-state index contributed by atoms with van der Waals surface area (Å²) in [7, 11) is 0. The molecule has 0 N–H and O–H groups in total. The van der Waals surface area contributed by atoms with Crippen molar-refractivity contribution in [1.29, 1.82) is 0 Å². The summed E-state index contributed by atoms with van der Waals surface area (Å²) in [6.07, 6.45) is 2.22. The van der Waals surface area contributed by atoms with Crippen molar-refractivity contribution >= 4 is 22.8 Å². The van der Waals surface area contributed by atoms with Crippen LogP contribution < -0.4 is 4.90 Å². The van der Waals surface area contributed by atoms with Gasteiger partial charge in [0.2, 0.25) is 0 Å². The Morgan fingerprint density at radius 1 is 1.08 bits per heavy atom. The number of hydrogen-bond acceptors (Lipinski definition) is 7. The average molecular weight is 543 g/mol. The molecule has 6 rings (SSSR count). The smallest absolute Gasteiger partial charge is 0.376 e. The standard InChI is InChI=1S/C27H33F3N8O/c1-4-22(19-7-9-20(10-8-19)27(28,29)30)36-12-18(3)37(13-17(36)2)24-23-25(38-16-32-34-26(38)33-24)35(15-31-23)14-21-6-5-11-39-21/h7-10,15-18,21-22H,4-6,11-14H2,1-3H3/t17-,18+,21+,22+/m1/s1. The van der Waals surface area contributed by atoms with Gasteiger partial charge in [-0.15, -0.1) is 10.2 Å². The minimum absolute atomic E-state index is 0.0180. The van der Waals surface area contributed by atoms with E-state index in [-0.39, 0.29) is 24.2 Å². The lowest BCUT2D eigenvalue weighted by Crippen LogP contribution is -2.57. The molecule has 12 heteroatoms. The van der Waals surface area contributed by atoms with Gasteiger partial charge in [0.15, 0.2) is 11.5 Å². The van der Waals surface area contributed by atoms with Gasteiger partial charge >= 0.3 is 6.18 Å². The fourth-order valence-corrected chi connectivity index (χ4v) is 6.17. The first-order chi connectivity index (χ1) is 18.7. The van der Waals surface area contributed by atoms with Crippen LogP contribution in [0.4, 0.5) is 19.0 Å². The number of halogens is 3. The van der Waals surface area contributed by atoms with Gasteiger partial charge in [-0.2, -0.15) is 18.2 Å². The molecule has 0 aliphatic carbocycles. The highest BCUT2D eigenvalue weighted by atomic mass is 19.4. The minimum Gasteiger partial charge on any atom is -0.376 e. The molecule has 2 aliphatic heterocycles. The van der Waals surface area contributed by atoms with Crippen molar-refractivity contribution in [3.05, 3.63) is 48.0 Å². The number of alkyl halides is 3. The van der Waals surface area contributed by atoms with E-state index in [1.165, 1.54) is 12.1 Å². The van der Waals surface area contributed by atoms with Crippen LogP contribution in [0, 0.1) is 0 Å². The van der Waals surface area contributed by atoms with Gasteiger partial charge in [-0.3, -0.25) is 4.90 Å². The Kier molecular flexibility index (Phi) is 6.70. The number of ether oxygens (including phenoxy) is 1. The molecule has 5 heterocycles. The van der Waals surface area contributed by atoms with E-state index in [1.807, 2.05) is 10.7 Å². The maximum atomic E-state index is 13.1. The summed E-state index contributed by atoms with van der Waals surface area (Å²) in [6.45, 7) is 9.33. The first-order valence-corrected chi connectivity index (χ1v) is 13.6. The predicted molar refractivity (Wildman–Crippen MR) is 140 cm³/mol. The summed E-state index contributed by atoms with van der Waals surface area (Å²) in [6, 6.07) is 5.84. The summed E-state index contributed by atoms with van der Waals surface area (Å²) in [5.41, 5.74) is 1.97. The van der Waals surface area contributed by atoms with Crippen LogP contribution in [0.2, 0.25) is 0 Å². The summed E-state index contributed by atoms with van der Waals surface area (Å²) < 4.78 is 49.2. The second kappa shape index (κ2) is 10.1. The van der Waals surface area contributed by atoms with Gasteiger partial charge in [-0.25, -0.2) is 9.38 Å². The molecule has 39 heavy (non-hydrogen) atoms. The molecule has 2 saturated heterocycles. The third kappa shape index (κ3) is 4.73. The molecule has 1 aromatic carbocycles. The zero-order valence-corrected chi connectivity index (χ0v) is 22.3. The van der Waals surface area contributed by atoms with Crippen LogP contribution >= 0.6 is 0 Å². The second-order valence-corrected chi connectivity index (χ2v) is 10.7. The first-order valence-electron chi connectivity index (χ1n) is 13.6. The normalized spacial score (nSPS) is 23.7. The number of rotatable bonds is 6. The molecule has 9 nitrogen and oxygen atoms in total. The quantitative estimate of drug-likeness (QED) is 0.349. The van der Waals surface area contributed by atoms with Crippen molar-refractivity contribution in [3.8, 4) is 0 Å². The van der Waals surface area contributed by atoms with Crippen LogP contribution in [-0.4, -0.2) is 71.9 Å². The van der Waals surface area contributed by atoms with E-state index in [0.29, 0.717) is 18.9 Å². The maximum Gasteiger partial charge on any atom is 0.416 e. The molecular weight excluding hydrogens is 509 g/mol. The van der Waals surface area contributed by atoms with Gasteiger partial charge in [-0.1, -0.05) is 19.1 Å². The summed E-state index contributed by atoms with van der Waals surface area (Å²) in [5, 5.41) is 8.36. The van der Waals surface area contributed by atoms with Crippen molar-refractivity contribution in [2.45, 2.75) is 77.0 Å². The topological polar surface area (TPSA) is 76.6 Å². The van der Waals surface area contributed by atoms with Gasteiger partial charge < -0.3 is 14.2 Å². The zero-order valence-electron chi connectivity index (χ0n) is 22.3. The number of benzene rings is 1. The van der Waals surface area contributed by atoms with Gasteiger partial charge in [-0.05, 0) is 50.8 Å². The third-order valence-electron chi connectivity index (χ3n) is 8.13. The van der Waals surface area contributed by atoms with E-state index < -0.39 is 11.7 Å². The lowest BCUT2D eigenvalue weighted by molar-refractivity contribution is -0.137. The summed E-state index contributed by atoms with van der Waals surface area (Å²) >= 11 is 0. The van der Waals surface area contributed by atoms with Crippen molar-refractivity contribution in [3.63, 3.8) is 0 Å². The molecular formula is C27H33F3N8O. The van der Waals surface area contributed by atoms with E-state index in [4.69, 9.17) is 14.7 Å². The number of piperazine rings is 1. The van der Waals surface area contributed by atoms with E-state index in [1.54, 1.807) is 18.5 Å². The fourth-order valence-electron chi connectivity index (χ4n) is 6.17. The number of fused-ring (bicyclic) bond motifs is 3. The highest BCUT2D eigenvalue weighted by Crippen LogP contribution is 2.36. The molecule has 0 saturated carbocycles. The average Bonchev–Trinajstić information content (AvgIpc) is 3.67. The third-order valence-corrected chi connectivity index (χ3v) is 8.13. The molecule has 208 valence electrons.